The Morgan fingerprint density at radius 3 is 2.32 bits per heavy atom. The minimum Gasteiger partial charge on any atom is -0.284 e. The molecular formula is C25H27N3O4S2. The predicted molar refractivity (Wildman–Crippen MR) is 135 cm³/mol. The van der Waals surface area contributed by atoms with E-state index in [1.54, 1.807) is 62.4 Å². The highest BCUT2D eigenvalue weighted by atomic mass is 32.2. The van der Waals surface area contributed by atoms with Crippen molar-refractivity contribution in [2.75, 3.05) is 10.5 Å². The van der Waals surface area contributed by atoms with Gasteiger partial charge in [0.2, 0.25) is 10.0 Å². The lowest BCUT2D eigenvalue weighted by atomic mass is 9.98. The molecule has 1 atom stereocenters. The second kappa shape index (κ2) is 9.23. The Morgan fingerprint density at radius 1 is 0.941 bits per heavy atom. The van der Waals surface area contributed by atoms with Crippen LogP contribution in [-0.2, 0) is 20.0 Å². The number of hydrazone groups is 1. The van der Waals surface area contributed by atoms with Gasteiger partial charge in [-0.1, -0.05) is 60.2 Å². The Bertz CT molecular complexity index is 1450. The van der Waals surface area contributed by atoms with Crippen LogP contribution in [0.2, 0.25) is 0 Å². The summed E-state index contributed by atoms with van der Waals surface area (Å²) in [6, 6.07) is 20.9. The average molecular weight is 498 g/mol. The number of benzene rings is 3. The number of anilines is 1. The van der Waals surface area contributed by atoms with Gasteiger partial charge < -0.3 is 0 Å². The van der Waals surface area contributed by atoms with Gasteiger partial charge in [0.1, 0.15) is 0 Å². The van der Waals surface area contributed by atoms with Gasteiger partial charge in [0.15, 0.2) is 0 Å². The molecule has 0 aromatic heterocycles. The highest BCUT2D eigenvalue weighted by Crippen LogP contribution is 2.38. The zero-order valence-electron chi connectivity index (χ0n) is 19.3. The second-order valence-electron chi connectivity index (χ2n) is 8.31. The van der Waals surface area contributed by atoms with Crippen LogP contribution in [0.15, 0.2) is 82.8 Å². The number of hydrogen-bond acceptors (Lipinski definition) is 5. The summed E-state index contributed by atoms with van der Waals surface area (Å²) in [6.07, 6.45) is 0.359. The molecule has 0 amide bonds. The Labute approximate surface area is 201 Å². The predicted octanol–water partition coefficient (Wildman–Crippen LogP) is 4.61. The topological polar surface area (TPSA) is 95.9 Å². The number of aryl methyl sites for hydroxylation is 2. The molecule has 0 saturated carbocycles. The summed E-state index contributed by atoms with van der Waals surface area (Å²) in [5, 5.41) is 4.57. The van der Waals surface area contributed by atoms with E-state index in [4.69, 9.17) is 0 Å². The summed E-state index contributed by atoms with van der Waals surface area (Å²) in [7, 11) is -7.37. The minimum atomic E-state index is -3.93. The summed E-state index contributed by atoms with van der Waals surface area (Å²) in [5.74, 6) is -0.0455. The molecule has 1 N–H and O–H groups in total. The Kier molecular flexibility index (Phi) is 6.51. The van der Waals surface area contributed by atoms with Crippen LogP contribution in [0, 0.1) is 13.8 Å². The second-order valence-corrected chi connectivity index (χ2v) is 12.1. The largest absolute Gasteiger partial charge is 0.284 e. The third-order valence-electron chi connectivity index (χ3n) is 5.80. The van der Waals surface area contributed by atoms with Gasteiger partial charge in [0.05, 0.1) is 22.4 Å². The lowest BCUT2D eigenvalue weighted by molar-refractivity contribution is 0.371. The first-order valence-electron chi connectivity index (χ1n) is 11.0. The van der Waals surface area contributed by atoms with Gasteiger partial charge in [-0.05, 0) is 55.7 Å². The fourth-order valence-corrected chi connectivity index (χ4v) is 6.18. The zero-order chi connectivity index (χ0) is 24.5. The molecule has 1 unspecified atom stereocenters. The minimum absolute atomic E-state index is 0.0455. The first kappa shape index (κ1) is 24.0. The standard InChI is InChI=1S/C25H27N3O4S2/c1-4-33(29,30)27-22-10-7-9-21(16-22)23-17-24(20-14-12-18(2)13-15-20)28(26-23)34(31,32)25-11-6-5-8-19(25)3/h5-16,24,27H,4,17H2,1-3H3. The van der Waals surface area contributed by atoms with Crippen molar-refractivity contribution in [3.8, 4) is 0 Å². The van der Waals surface area contributed by atoms with E-state index in [0.717, 1.165) is 11.1 Å². The third kappa shape index (κ3) is 4.85. The van der Waals surface area contributed by atoms with E-state index in [0.29, 0.717) is 28.9 Å². The lowest BCUT2D eigenvalue weighted by Crippen LogP contribution is -2.27. The summed E-state index contributed by atoms with van der Waals surface area (Å²) in [4.78, 5) is 0.210. The maximum Gasteiger partial charge on any atom is 0.279 e. The molecule has 0 bridgehead atoms. The van der Waals surface area contributed by atoms with E-state index in [2.05, 4.69) is 9.82 Å². The highest BCUT2D eigenvalue weighted by Gasteiger charge is 2.38. The Balaban J connectivity index is 1.78. The molecule has 0 fully saturated rings. The van der Waals surface area contributed by atoms with Crippen molar-refractivity contribution in [2.24, 2.45) is 5.10 Å². The van der Waals surface area contributed by atoms with E-state index >= 15 is 0 Å². The Hall–Kier alpha value is -3.17. The van der Waals surface area contributed by atoms with Crippen LogP contribution in [0.1, 0.15) is 41.6 Å². The lowest BCUT2D eigenvalue weighted by Gasteiger charge is -2.24. The summed E-state index contributed by atoms with van der Waals surface area (Å²) in [5.41, 5.74) is 4.20. The van der Waals surface area contributed by atoms with Crippen LogP contribution in [0.3, 0.4) is 0 Å². The summed E-state index contributed by atoms with van der Waals surface area (Å²) >= 11 is 0. The molecule has 1 heterocycles. The quantitative estimate of drug-likeness (QED) is 0.516. The van der Waals surface area contributed by atoms with Gasteiger partial charge in [0, 0.05) is 12.1 Å². The van der Waals surface area contributed by atoms with Gasteiger partial charge in [-0.15, -0.1) is 0 Å². The fraction of sp³-hybridized carbons (Fsp3) is 0.240. The number of nitrogens with zero attached hydrogens (tertiary/aromatic N) is 2. The van der Waals surface area contributed by atoms with Crippen LogP contribution in [-0.4, -0.2) is 32.7 Å². The molecule has 0 spiro atoms. The van der Waals surface area contributed by atoms with Gasteiger partial charge in [-0.3, -0.25) is 4.72 Å². The number of sulfonamides is 2. The normalized spacial score (nSPS) is 16.4. The summed E-state index contributed by atoms with van der Waals surface area (Å²) in [6.45, 7) is 5.30. The van der Waals surface area contributed by atoms with Gasteiger partial charge in [-0.25, -0.2) is 8.42 Å². The first-order chi connectivity index (χ1) is 16.1. The van der Waals surface area contributed by atoms with Crippen molar-refractivity contribution in [3.05, 3.63) is 95.1 Å². The van der Waals surface area contributed by atoms with Gasteiger partial charge in [0.25, 0.3) is 10.0 Å². The fourth-order valence-electron chi connectivity index (χ4n) is 3.88. The molecule has 3 aromatic rings. The zero-order valence-corrected chi connectivity index (χ0v) is 20.9. The van der Waals surface area contributed by atoms with Crippen LogP contribution in [0.25, 0.3) is 0 Å². The van der Waals surface area contributed by atoms with Crippen LogP contribution >= 0.6 is 0 Å². The molecule has 4 rings (SSSR count). The van der Waals surface area contributed by atoms with Crippen LogP contribution in [0.5, 0.6) is 0 Å². The molecule has 3 aromatic carbocycles. The smallest absolute Gasteiger partial charge is 0.279 e. The number of hydrogen-bond donors (Lipinski definition) is 1. The van der Waals surface area contributed by atoms with E-state index in [9.17, 15) is 16.8 Å². The van der Waals surface area contributed by atoms with Crippen molar-refractivity contribution in [1.82, 2.24) is 4.41 Å². The Morgan fingerprint density at radius 2 is 1.65 bits per heavy atom. The molecule has 0 aliphatic carbocycles. The average Bonchev–Trinajstić information content (AvgIpc) is 3.26. The van der Waals surface area contributed by atoms with Crippen molar-refractivity contribution in [1.29, 1.82) is 0 Å². The van der Waals surface area contributed by atoms with Gasteiger partial charge >= 0.3 is 0 Å². The van der Waals surface area contributed by atoms with Crippen molar-refractivity contribution in [2.45, 2.75) is 38.1 Å². The monoisotopic (exact) mass is 497 g/mol. The van der Waals surface area contributed by atoms with Crippen LogP contribution in [0.4, 0.5) is 5.69 Å². The molecule has 1 aliphatic heterocycles. The molecule has 0 saturated heterocycles. The van der Waals surface area contributed by atoms with Gasteiger partial charge in [-0.2, -0.15) is 17.9 Å². The summed E-state index contributed by atoms with van der Waals surface area (Å²) < 4.78 is 55.2. The molecular weight excluding hydrogens is 470 g/mol. The maximum absolute atomic E-state index is 13.7. The van der Waals surface area contributed by atoms with E-state index < -0.39 is 26.1 Å². The molecule has 9 heteroatoms. The first-order valence-corrected chi connectivity index (χ1v) is 14.0. The van der Waals surface area contributed by atoms with E-state index in [1.165, 1.54) is 4.41 Å². The van der Waals surface area contributed by atoms with E-state index in [-0.39, 0.29) is 10.6 Å². The van der Waals surface area contributed by atoms with Crippen molar-refractivity contribution < 1.29 is 16.8 Å². The molecule has 178 valence electrons. The maximum atomic E-state index is 13.7. The van der Waals surface area contributed by atoms with Crippen molar-refractivity contribution >= 4 is 31.4 Å². The van der Waals surface area contributed by atoms with E-state index in [1.807, 2.05) is 31.2 Å². The molecule has 0 radical (unpaired) electrons. The SMILES string of the molecule is CCS(=O)(=O)Nc1cccc(C2=NN(S(=O)(=O)c3ccccc3C)C(c3ccc(C)cc3)C2)c1. The number of rotatable bonds is 7. The molecule has 7 nitrogen and oxygen atoms in total. The van der Waals surface area contributed by atoms with Crippen molar-refractivity contribution in [3.63, 3.8) is 0 Å². The number of nitrogens with one attached hydrogen (secondary N) is 1. The van der Waals surface area contributed by atoms with Crippen LogP contribution < -0.4 is 4.72 Å². The molecule has 34 heavy (non-hydrogen) atoms. The third-order valence-corrected chi connectivity index (χ3v) is 8.95. The highest BCUT2D eigenvalue weighted by molar-refractivity contribution is 7.92. The molecule has 1 aliphatic rings.